The van der Waals surface area contributed by atoms with Gasteiger partial charge in [-0.15, -0.1) is 0 Å². The van der Waals surface area contributed by atoms with Crippen molar-refractivity contribution < 1.29 is 27.9 Å². The fraction of sp³-hybridized carbons (Fsp3) is 0.250. The van der Waals surface area contributed by atoms with E-state index in [0.717, 1.165) is 4.31 Å². The van der Waals surface area contributed by atoms with Crippen molar-refractivity contribution in [2.24, 2.45) is 0 Å². The number of aliphatic hydroxyl groups excluding tert-OH is 1. The first kappa shape index (κ1) is 30.3. The molecule has 216 valence electrons. The predicted molar refractivity (Wildman–Crippen MR) is 157 cm³/mol. The molecule has 0 aliphatic heterocycles. The van der Waals surface area contributed by atoms with E-state index in [1.165, 1.54) is 24.4 Å². The molecule has 2 aromatic carbocycles. The van der Waals surface area contributed by atoms with Gasteiger partial charge < -0.3 is 19.7 Å². The van der Waals surface area contributed by atoms with Gasteiger partial charge in [0.15, 0.2) is 0 Å². The standard InChI is InChI=1S/C28H28Cl2N4O6S/c1-28(2,3)40-26(36)17-34(41(38,39)23-15-20(29)14-21(30)16-23)22-4-5-24-18(12-22)7-10-33(24)25-13-19(6-8-31-25)27(37)32-9-11-35/h4-8,10,12-16,35H,9,11,17H2,1-3H3,(H,32,37). The highest BCUT2D eigenvalue weighted by atomic mass is 35.5. The molecule has 0 atom stereocenters. The Labute approximate surface area is 247 Å². The number of hydrogen-bond acceptors (Lipinski definition) is 7. The highest BCUT2D eigenvalue weighted by Crippen LogP contribution is 2.31. The molecule has 0 radical (unpaired) electrons. The fourth-order valence-corrected chi connectivity index (χ4v) is 6.19. The SMILES string of the molecule is CC(C)(C)OC(=O)CN(c1ccc2c(ccn2-c2cc(C(=O)NCCO)ccn2)c1)S(=O)(=O)c1cc(Cl)cc(Cl)c1. The molecule has 0 bridgehead atoms. The number of esters is 1. The number of amides is 1. The van der Waals surface area contributed by atoms with Gasteiger partial charge in [0.25, 0.3) is 15.9 Å². The lowest BCUT2D eigenvalue weighted by atomic mass is 10.2. The van der Waals surface area contributed by atoms with Crippen LogP contribution in [0.3, 0.4) is 0 Å². The minimum atomic E-state index is -4.30. The van der Waals surface area contributed by atoms with Gasteiger partial charge in [-0.3, -0.25) is 13.9 Å². The molecule has 2 heterocycles. The minimum absolute atomic E-state index is 0.121. The zero-order valence-electron chi connectivity index (χ0n) is 22.5. The van der Waals surface area contributed by atoms with E-state index in [2.05, 4.69) is 10.3 Å². The molecule has 0 unspecified atom stereocenters. The second-order valence-corrected chi connectivity index (χ2v) is 12.7. The van der Waals surface area contributed by atoms with E-state index in [1.807, 2.05) is 0 Å². The smallest absolute Gasteiger partial charge is 0.327 e. The molecule has 10 nitrogen and oxygen atoms in total. The van der Waals surface area contributed by atoms with Crippen LogP contribution in [0.4, 0.5) is 5.69 Å². The van der Waals surface area contributed by atoms with Crippen molar-refractivity contribution in [3.63, 3.8) is 0 Å². The molecule has 41 heavy (non-hydrogen) atoms. The Hall–Kier alpha value is -3.64. The summed E-state index contributed by atoms with van der Waals surface area (Å²) in [6.45, 7) is 4.41. The number of fused-ring (bicyclic) bond motifs is 1. The summed E-state index contributed by atoms with van der Waals surface area (Å²) in [7, 11) is -4.30. The number of halogens is 2. The number of aromatic nitrogens is 2. The molecule has 0 saturated heterocycles. The Morgan fingerprint density at radius 3 is 2.41 bits per heavy atom. The van der Waals surface area contributed by atoms with Crippen molar-refractivity contribution in [1.82, 2.24) is 14.9 Å². The number of carbonyl (C=O) groups is 2. The van der Waals surface area contributed by atoms with Gasteiger partial charge in [0.1, 0.15) is 18.0 Å². The average molecular weight is 620 g/mol. The molecule has 0 aliphatic rings. The summed E-state index contributed by atoms with van der Waals surface area (Å²) in [5.74, 6) is -0.644. The summed E-state index contributed by atoms with van der Waals surface area (Å²) in [6.07, 6.45) is 3.23. The third-order valence-electron chi connectivity index (χ3n) is 5.73. The number of nitrogens with zero attached hydrogens (tertiary/aromatic N) is 3. The van der Waals surface area contributed by atoms with Crippen LogP contribution in [-0.4, -0.2) is 60.2 Å². The van der Waals surface area contributed by atoms with Crippen LogP contribution in [0.1, 0.15) is 31.1 Å². The molecule has 0 spiro atoms. The third kappa shape index (κ3) is 7.17. The Balaban J connectivity index is 1.76. The molecular formula is C28H28Cl2N4O6S. The maximum atomic E-state index is 13.8. The maximum absolute atomic E-state index is 13.8. The number of pyridine rings is 1. The Morgan fingerprint density at radius 1 is 1.05 bits per heavy atom. The summed E-state index contributed by atoms with van der Waals surface area (Å²) in [4.78, 5) is 29.4. The first-order valence-corrected chi connectivity index (χ1v) is 14.7. The van der Waals surface area contributed by atoms with Crippen LogP contribution >= 0.6 is 23.2 Å². The van der Waals surface area contributed by atoms with E-state index < -0.39 is 28.1 Å². The highest BCUT2D eigenvalue weighted by Gasteiger charge is 2.30. The number of benzene rings is 2. The number of rotatable bonds is 9. The number of nitrogens with one attached hydrogen (secondary N) is 1. The number of sulfonamides is 1. The topological polar surface area (TPSA) is 131 Å². The number of anilines is 1. The van der Waals surface area contributed by atoms with Gasteiger partial charge in [-0.25, -0.2) is 13.4 Å². The van der Waals surface area contributed by atoms with Crippen LogP contribution in [0.2, 0.25) is 10.0 Å². The lowest BCUT2D eigenvalue weighted by molar-refractivity contribution is -0.152. The second-order valence-electron chi connectivity index (χ2n) is 10.0. The minimum Gasteiger partial charge on any atom is -0.459 e. The second kappa shape index (κ2) is 12.1. The van der Waals surface area contributed by atoms with Crippen molar-refractivity contribution in [1.29, 1.82) is 0 Å². The largest absolute Gasteiger partial charge is 0.459 e. The summed E-state index contributed by atoms with van der Waals surface area (Å²) >= 11 is 12.2. The van der Waals surface area contributed by atoms with Crippen molar-refractivity contribution >= 4 is 61.7 Å². The molecule has 0 aliphatic carbocycles. The van der Waals surface area contributed by atoms with E-state index in [9.17, 15) is 18.0 Å². The Kier molecular flexibility index (Phi) is 8.93. The van der Waals surface area contributed by atoms with Crippen LogP contribution < -0.4 is 9.62 Å². The van der Waals surface area contributed by atoms with Crippen LogP contribution in [-0.2, 0) is 19.6 Å². The molecule has 1 amide bonds. The van der Waals surface area contributed by atoms with Gasteiger partial charge in [-0.2, -0.15) is 0 Å². The third-order valence-corrected chi connectivity index (χ3v) is 7.92. The average Bonchev–Trinajstić information content (AvgIpc) is 3.32. The van der Waals surface area contributed by atoms with E-state index >= 15 is 0 Å². The number of ether oxygens (including phenoxy) is 1. The van der Waals surface area contributed by atoms with Crippen LogP contribution in [0, 0.1) is 0 Å². The first-order chi connectivity index (χ1) is 19.3. The zero-order valence-corrected chi connectivity index (χ0v) is 24.8. The highest BCUT2D eigenvalue weighted by molar-refractivity contribution is 7.92. The Morgan fingerprint density at radius 2 is 1.76 bits per heavy atom. The van der Waals surface area contributed by atoms with Gasteiger partial charge in [0, 0.05) is 39.9 Å². The van der Waals surface area contributed by atoms with E-state index in [1.54, 1.807) is 67.9 Å². The first-order valence-electron chi connectivity index (χ1n) is 12.5. The lowest BCUT2D eigenvalue weighted by Gasteiger charge is -2.26. The molecule has 2 N–H and O–H groups in total. The van der Waals surface area contributed by atoms with E-state index in [4.69, 9.17) is 33.0 Å². The van der Waals surface area contributed by atoms with Gasteiger partial charge in [0.2, 0.25) is 0 Å². The summed E-state index contributed by atoms with van der Waals surface area (Å²) in [6, 6.07) is 13.7. The van der Waals surface area contributed by atoms with E-state index in [-0.39, 0.29) is 39.7 Å². The molecule has 13 heteroatoms. The van der Waals surface area contributed by atoms with Crippen molar-refractivity contribution in [2.45, 2.75) is 31.3 Å². The van der Waals surface area contributed by atoms with Crippen molar-refractivity contribution in [3.8, 4) is 5.82 Å². The maximum Gasteiger partial charge on any atom is 0.327 e. The normalized spacial score (nSPS) is 11.9. The van der Waals surface area contributed by atoms with Crippen LogP contribution in [0.25, 0.3) is 16.7 Å². The quantitative estimate of drug-likeness (QED) is 0.262. The van der Waals surface area contributed by atoms with E-state index in [0.29, 0.717) is 22.3 Å². The summed E-state index contributed by atoms with van der Waals surface area (Å²) in [5.41, 5.74) is 0.414. The number of hydrogen-bond donors (Lipinski definition) is 2. The monoisotopic (exact) mass is 618 g/mol. The van der Waals surface area contributed by atoms with Gasteiger partial charge in [0.05, 0.1) is 22.7 Å². The fourth-order valence-electron chi connectivity index (χ4n) is 4.06. The molecule has 2 aromatic heterocycles. The molecule has 0 fully saturated rings. The van der Waals surface area contributed by atoms with Gasteiger partial charge >= 0.3 is 5.97 Å². The summed E-state index contributed by atoms with van der Waals surface area (Å²) in [5, 5.41) is 12.5. The summed E-state index contributed by atoms with van der Waals surface area (Å²) < 4.78 is 35.7. The molecule has 4 rings (SSSR count). The van der Waals surface area contributed by atoms with Crippen LogP contribution in [0.15, 0.2) is 71.9 Å². The molecule has 4 aromatic rings. The Bertz CT molecular complexity index is 1700. The molecular weight excluding hydrogens is 591 g/mol. The lowest BCUT2D eigenvalue weighted by Crippen LogP contribution is -2.39. The predicted octanol–water partition coefficient (Wildman–Crippen LogP) is 4.59. The zero-order chi connectivity index (χ0) is 29.9. The molecule has 0 saturated carbocycles. The van der Waals surface area contributed by atoms with Crippen LogP contribution in [0.5, 0.6) is 0 Å². The van der Waals surface area contributed by atoms with Gasteiger partial charge in [-0.1, -0.05) is 23.2 Å². The van der Waals surface area contributed by atoms with Crippen molar-refractivity contribution in [3.05, 3.63) is 82.6 Å². The number of aliphatic hydroxyl groups is 1. The van der Waals surface area contributed by atoms with Crippen molar-refractivity contribution in [2.75, 3.05) is 24.0 Å². The number of carbonyl (C=O) groups excluding carboxylic acids is 2. The van der Waals surface area contributed by atoms with Gasteiger partial charge in [-0.05, 0) is 75.4 Å².